The number of hydrogen-bond donors (Lipinski definition) is 0. The zero-order chi connectivity index (χ0) is 21.6. The third kappa shape index (κ3) is 4.94. The SMILES string of the molecule is CC(C)N(P(c1ccccc1)c1ccccc1)P(c1ccccc1)c1ccccc1F. The lowest BCUT2D eigenvalue weighted by Crippen LogP contribution is -2.36. The van der Waals surface area contributed by atoms with Crippen molar-refractivity contribution in [2.24, 2.45) is 0 Å². The maximum atomic E-state index is 15.2. The van der Waals surface area contributed by atoms with Gasteiger partial charge in [0.2, 0.25) is 0 Å². The van der Waals surface area contributed by atoms with Gasteiger partial charge in [-0.3, -0.25) is 0 Å². The maximum Gasteiger partial charge on any atom is 0.132 e. The van der Waals surface area contributed by atoms with Crippen LogP contribution in [0.3, 0.4) is 0 Å². The van der Waals surface area contributed by atoms with E-state index in [4.69, 9.17) is 0 Å². The van der Waals surface area contributed by atoms with Gasteiger partial charge < -0.3 is 0 Å². The first kappa shape index (κ1) is 21.8. The molecule has 0 aromatic heterocycles. The van der Waals surface area contributed by atoms with Gasteiger partial charge in [-0.05, 0) is 41.9 Å². The molecule has 4 aromatic rings. The van der Waals surface area contributed by atoms with E-state index in [-0.39, 0.29) is 11.9 Å². The second kappa shape index (κ2) is 10.3. The predicted octanol–water partition coefficient (Wildman–Crippen LogP) is 5.93. The van der Waals surface area contributed by atoms with Crippen LogP contribution in [0.5, 0.6) is 0 Å². The molecule has 4 heteroatoms. The van der Waals surface area contributed by atoms with Crippen molar-refractivity contribution < 1.29 is 4.39 Å². The second-order valence-corrected chi connectivity index (χ2v) is 12.0. The molecule has 0 N–H and O–H groups in total. The smallest absolute Gasteiger partial charge is 0.132 e. The highest BCUT2D eigenvalue weighted by atomic mass is 31.2. The molecule has 31 heavy (non-hydrogen) atoms. The summed E-state index contributed by atoms with van der Waals surface area (Å²) in [5, 5.41) is 4.49. The van der Waals surface area contributed by atoms with Gasteiger partial charge in [0.25, 0.3) is 0 Å². The zero-order valence-corrected chi connectivity index (χ0v) is 19.6. The Morgan fingerprint density at radius 3 is 1.35 bits per heavy atom. The second-order valence-electron chi connectivity index (χ2n) is 7.50. The van der Waals surface area contributed by atoms with Crippen LogP contribution in [0.4, 0.5) is 4.39 Å². The van der Waals surface area contributed by atoms with Gasteiger partial charge in [-0.2, -0.15) is 0 Å². The van der Waals surface area contributed by atoms with Gasteiger partial charge in [-0.25, -0.2) is 8.83 Å². The van der Waals surface area contributed by atoms with Crippen molar-refractivity contribution in [3.05, 3.63) is 121 Å². The van der Waals surface area contributed by atoms with Gasteiger partial charge in [0.1, 0.15) is 5.82 Å². The summed E-state index contributed by atoms with van der Waals surface area (Å²) in [7, 11) is -1.93. The van der Waals surface area contributed by atoms with Crippen LogP contribution in [-0.4, -0.2) is 10.5 Å². The average molecular weight is 445 g/mol. The highest BCUT2D eigenvalue weighted by Crippen LogP contribution is 2.56. The number of halogens is 1. The molecule has 0 bridgehead atoms. The van der Waals surface area contributed by atoms with Crippen molar-refractivity contribution in [1.29, 1.82) is 0 Å². The van der Waals surface area contributed by atoms with E-state index >= 15 is 4.39 Å². The Morgan fingerprint density at radius 1 is 0.548 bits per heavy atom. The molecular weight excluding hydrogens is 419 g/mol. The molecule has 0 aliphatic carbocycles. The molecule has 1 nitrogen and oxygen atoms in total. The predicted molar refractivity (Wildman–Crippen MR) is 135 cm³/mol. The molecule has 156 valence electrons. The van der Waals surface area contributed by atoms with Crippen LogP contribution in [0.1, 0.15) is 13.8 Å². The number of nitrogens with zero attached hydrogens (tertiary/aromatic N) is 1. The molecular formula is C27H26FNP2. The Kier molecular flexibility index (Phi) is 7.25. The zero-order valence-electron chi connectivity index (χ0n) is 17.8. The lowest BCUT2D eigenvalue weighted by atomic mass is 10.3. The molecule has 4 aromatic carbocycles. The Balaban J connectivity index is 1.95. The minimum absolute atomic E-state index is 0.140. The lowest BCUT2D eigenvalue weighted by Gasteiger charge is -2.41. The van der Waals surface area contributed by atoms with E-state index in [0.717, 1.165) is 10.6 Å². The van der Waals surface area contributed by atoms with E-state index in [2.05, 4.69) is 103 Å². The van der Waals surface area contributed by atoms with Gasteiger partial charge in [-0.15, -0.1) is 0 Å². The summed E-state index contributed by atoms with van der Waals surface area (Å²) in [5.74, 6) is -0.140. The van der Waals surface area contributed by atoms with Crippen LogP contribution in [0, 0.1) is 5.82 Å². The van der Waals surface area contributed by atoms with Crippen LogP contribution < -0.4 is 21.2 Å². The molecule has 1 atom stereocenters. The summed E-state index contributed by atoms with van der Waals surface area (Å²) in [5.41, 5.74) is 0. The van der Waals surface area contributed by atoms with E-state index in [1.807, 2.05) is 18.2 Å². The van der Waals surface area contributed by atoms with Crippen LogP contribution >= 0.6 is 16.1 Å². The van der Waals surface area contributed by atoms with Crippen molar-refractivity contribution in [3.8, 4) is 0 Å². The van der Waals surface area contributed by atoms with E-state index in [1.165, 1.54) is 10.6 Å². The minimum Gasteiger partial charge on any atom is -0.242 e. The molecule has 0 radical (unpaired) electrons. The van der Waals surface area contributed by atoms with E-state index in [9.17, 15) is 0 Å². The van der Waals surface area contributed by atoms with Crippen LogP contribution in [-0.2, 0) is 0 Å². The molecule has 0 aliphatic heterocycles. The topological polar surface area (TPSA) is 3.24 Å². The van der Waals surface area contributed by atoms with Crippen molar-refractivity contribution >= 4 is 37.4 Å². The van der Waals surface area contributed by atoms with Crippen molar-refractivity contribution in [2.75, 3.05) is 0 Å². The molecule has 0 fully saturated rings. The minimum atomic E-state index is -1.07. The monoisotopic (exact) mass is 445 g/mol. The van der Waals surface area contributed by atoms with E-state index in [0.29, 0.717) is 0 Å². The molecule has 0 spiro atoms. The number of benzene rings is 4. The van der Waals surface area contributed by atoms with Crippen molar-refractivity contribution in [2.45, 2.75) is 19.9 Å². The van der Waals surface area contributed by atoms with Gasteiger partial charge in [0.05, 0.1) is 0 Å². The normalized spacial score (nSPS) is 12.5. The van der Waals surface area contributed by atoms with Crippen LogP contribution in [0.15, 0.2) is 115 Å². The molecule has 0 saturated heterocycles. The quantitative estimate of drug-likeness (QED) is 0.319. The first-order valence-corrected chi connectivity index (χ1v) is 13.0. The van der Waals surface area contributed by atoms with Gasteiger partial charge >= 0.3 is 0 Å². The fraction of sp³-hybridized carbons (Fsp3) is 0.111. The molecule has 0 heterocycles. The van der Waals surface area contributed by atoms with Gasteiger partial charge in [-0.1, -0.05) is 103 Å². The molecule has 0 saturated carbocycles. The van der Waals surface area contributed by atoms with Crippen molar-refractivity contribution in [3.63, 3.8) is 0 Å². The summed E-state index contributed by atoms with van der Waals surface area (Å²) >= 11 is 0. The van der Waals surface area contributed by atoms with Crippen LogP contribution in [0.2, 0.25) is 0 Å². The third-order valence-corrected chi connectivity index (χ3v) is 11.0. The molecule has 0 amide bonds. The highest BCUT2D eigenvalue weighted by molar-refractivity contribution is 7.84. The number of hydrogen-bond acceptors (Lipinski definition) is 1. The highest BCUT2D eigenvalue weighted by Gasteiger charge is 2.34. The van der Waals surface area contributed by atoms with E-state index < -0.39 is 16.1 Å². The summed E-state index contributed by atoms with van der Waals surface area (Å²) in [4.78, 5) is 0. The first-order valence-electron chi connectivity index (χ1n) is 10.5. The van der Waals surface area contributed by atoms with Crippen LogP contribution in [0.25, 0.3) is 0 Å². The fourth-order valence-corrected chi connectivity index (χ4v) is 9.87. The standard InChI is InChI=1S/C27H26FNP2/c1-22(2)29(30(23-14-6-3-7-15-23)24-16-8-4-9-17-24)31(25-18-10-5-11-19-25)27-21-13-12-20-26(27)28/h3-22H,1-2H3. The summed E-state index contributed by atoms with van der Waals surface area (Å²) in [6.07, 6.45) is 0. The molecule has 4 rings (SSSR count). The summed E-state index contributed by atoms with van der Waals surface area (Å²) in [6, 6.07) is 39.2. The largest absolute Gasteiger partial charge is 0.242 e. The Hall–Kier alpha value is -2.37. The summed E-state index contributed by atoms with van der Waals surface area (Å²) < 4.78 is 17.8. The lowest BCUT2D eigenvalue weighted by molar-refractivity contribution is 0.581. The average Bonchev–Trinajstić information content (AvgIpc) is 2.81. The molecule has 1 unspecified atom stereocenters. The van der Waals surface area contributed by atoms with Gasteiger partial charge in [0, 0.05) is 27.5 Å². The Bertz CT molecular complexity index is 1050. The third-order valence-electron chi connectivity index (χ3n) is 4.95. The Labute approximate surface area is 187 Å². The Morgan fingerprint density at radius 2 is 0.935 bits per heavy atom. The molecule has 0 aliphatic rings. The van der Waals surface area contributed by atoms with Crippen molar-refractivity contribution in [1.82, 2.24) is 4.44 Å². The van der Waals surface area contributed by atoms with E-state index in [1.54, 1.807) is 12.1 Å². The fourth-order valence-electron chi connectivity index (χ4n) is 3.64. The first-order chi connectivity index (χ1) is 15.2. The summed E-state index contributed by atoms with van der Waals surface area (Å²) in [6.45, 7) is 4.45. The number of rotatable bonds is 7. The van der Waals surface area contributed by atoms with Gasteiger partial charge in [0.15, 0.2) is 0 Å². The maximum absolute atomic E-state index is 15.2.